The van der Waals surface area contributed by atoms with Gasteiger partial charge in [0, 0.05) is 25.2 Å². The maximum Gasteiger partial charge on any atom is 0.147 e. The summed E-state index contributed by atoms with van der Waals surface area (Å²) in [5.74, 6) is 0.726. The Morgan fingerprint density at radius 3 is 2.67 bits per heavy atom. The van der Waals surface area contributed by atoms with Crippen molar-refractivity contribution in [2.24, 2.45) is 5.92 Å². The highest BCUT2D eigenvalue weighted by atomic mass is 32.2. The molecule has 0 aromatic carbocycles. The van der Waals surface area contributed by atoms with E-state index in [9.17, 15) is 8.42 Å². The monoisotopic (exact) mass is 235 g/mol. The second-order valence-corrected chi connectivity index (χ2v) is 6.73. The molecule has 1 atom stereocenters. The van der Waals surface area contributed by atoms with Gasteiger partial charge in [-0.15, -0.1) is 0 Å². The average molecular weight is 235 g/mol. The summed E-state index contributed by atoms with van der Waals surface area (Å²) in [5, 5.41) is 8.96. The Morgan fingerprint density at radius 1 is 1.40 bits per heavy atom. The molecule has 1 heterocycles. The number of sulfone groups is 1. The highest BCUT2D eigenvalue weighted by Crippen LogP contribution is 2.15. The van der Waals surface area contributed by atoms with Crippen LogP contribution in [0.25, 0.3) is 0 Å². The van der Waals surface area contributed by atoms with Gasteiger partial charge in [0.15, 0.2) is 0 Å². The van der Waals surface area contributed by atoms with Crippen molar-refractivity contribution in [1.82, 2.24) is 4.90 Å². The molecule has 1 fully saturated rings. The smallest absolute Gasteiger partial charge is 0.147 e. The molecule has 0 spiro atoms. The first kappa shape index (κ1) is 12.9. The molecule has 15 heavy (non-hydrogen) atoms. The lowest BCUT2D eigenvalue weighted by Gasteiger charge is -2.14. The van der Waals surface area contributed by atoms with Crippen molar-refractivity contribution in [3.05, 3.63) is 0 Å². The number of nitrogens with zero attached hydrogens (tertiary/aromatic N) is 1. The summed E-state index contributed by atoms with van der Waals surface area (Å²) in [7, 11) is -2.79. The normalized spacial score (nSPS) is 23.5. The van der Waals surface area contributed by atoms with E-state index in [2.05, 4.69) is 4.90 Å². The maximum atomic E-state index is 10.9. The molecule has 1 unspecified atom stereocenters. The minimum atomic E-state index is -2.79. The molecule has 0 saturated carbocycles. The summed E-state index contributed by atoms with van der Waals surface area (Å²) < 4.78 is 21.8. The Morgan fingerprint density at radius 2 is 2.13 bits per heavy atom. The molecule has 5 heteroatoms. The highest BCUT2D eigenvalue weighted by Gasteiger charge is 2.20. The first-order valence-corrected chi connectivity index (χ1v) is 7.58. The molecular formula is C10H21NO3S. The number of rotatable bonds is 6. The van der Waals surface area contributed by atoms with Crippen molar-refractivity contribution in [2.75, 3.05) is 38.2 Å². The lowest BCUT2D eigenvalue weighted by atomic mass is 10.1. The summed E-state index contributed by atoms with van der Waals surface area (Å²) in [5.41, 5.74) is 0. The van der Waals surface area contributed by atoms with Gasteiger partial charge >= 0.3 is 0 Å². The zero-order chi connectivity index (χ0) is 11.3. The van der Waals surface area contributed by atoms with Crippen LogP contribution < -0.4 is 0 Å². The van der Waals surface area contributed by atoms with E-state index in [-0.39, 0.29) is 6.61 Å². The second kappa shape index (κ2) is 5.82. The van der Waals surface area contributed by atoms with Gasteiger partial charge in [0.25, 0.3) is 0 Å². The summed E-state index contributed by atoms with van der Waals surface area (Å²) in [6.45, 7) is 3.26. The van der Waals surface area contributed by atoms with E-state index < -0.39 is 9.84 Å². The lowest BCUT2D eigenvalue weighted by molar-refractivity contribution is 0.221. The van der Waals surface area contributed by atoms with Crippen molar-refractivity contribution in [3.8, 4) is 0 Å². The van der Waals surface area contributed by atoms with Crippen LogP contribution in [0.3, 0.4) is 0 Å². The zero-order valence-corrected chi connectivity index (χ0v) is 10.2. The Labute approximate surface area is 92.2 Å². The third-order valence-corrected chi connectivity index (χ3v) is 3.90. The molecule has 0 aliphatic carbocycles. The lowest BCUT2D eigenvalue weighted by Crippen LogP contribution is -2.23. The quantitative estimate of drug-likeness (QED) is 0.665. The Kier molecular flexibility index (Phi) is 5.02. The van der Waals surface area contributed by atoms with Gasteiger partial charge in [-0.2, -0.15) is 0 Å². The van der Waals surface area contributed by atoms with Crippen LogP contribution in [0, 0.1) is 5.92 Å². The molecule has 1 rings (SSSR count). The van der Waals surface area contributed by atoms with Gasteiger partial charge in [0.05, 0.1) is 0 Å². The van der Waals surface area contributed by atoms with E-state index >= 15 is 0 Å². The topological polar surface area (TPSA) is 57.6 Å². The van der Waals surface area contributed by atoms with Crippen molar-refractivity contribution in [1.29, 1.82) is 0 Å². The summed E-state index contributed by atoms with van der Waals surface area (Å²) in [4.78, 5) is 2.31. The van der Waals surface area contributed by atoms with Crippen molar-refractivity contribution >= 4 is 9.84 Å². The predicted molar refractivity (Wildman–Crippen MR) is 60.6 cm³/mol. The first-order valence-electron chi connectivity index (χ1n) is 5.52. The van der Waals surface area contributed by atoms with E-state index in [1.165, 1.54) is 6.26 Å². The van der Waals surface area contributed by atoms with Crippen molar-refractivity contribution in [3.63, 3.8) is 0 Å². The van der Waals surface area contributed by atoms with Gasteiger partial charge in [-0.1, -0.05) is 0 Å². The SMILES string of the molecule is CS(=O)(=O)CCCCN1CCC(CO)C1. The second-order valence-electron chi connectivity index (χ2n) is 4.47. The molecule has 4 nitrogen and oxygen atoms in total. The molecule has 0 bridgehead atoms. The van der Waals surface area contributed by atoms with Crippen LogP contribution in [-0.4, -0.2) is 56.7 Å². The summed E-state index contributed by atoms with van der Waals surface area (Å²) in [6.07, 6.45) is 4.04. The number of likely N-dealkylation sites (tertiary alicyclic amines) is 1. The predicted octanol–water partition coefficient (Wildman–Crippen LogP) is 0.125. The number of hydrogen-bond donors (Lipinski definition) is 1. The summed E-state index contributed by atoms with van der Waals surface area (Å²) in [6, 6.07) is 0. The zero-order valence-electron chi connectivity index (χ0n) is 9.35. The molecular weight excluding hydrogens is 214 g/mol. The Bertz CT molecular complexity index is 276. The number of aliphatic hydroxyl groups is 1. The molecule has 1 aliphatic rings. The van der Waals surface area contributed by atoms with Gasteiger partial charge in [-0.25, -0.2) is 8.42 Å². The van der Waals surface area contributed by atoms with Gasteiger partial charge in [-0.05, 0) is 38.3 Å². The first-order chi connectivity index (χ1) is 7.01. The fraction of sp³-hybridized carbons (Fsp3) is 1.00. The Balaban J connectivity index is 2.07. The van der Waals surface area contributed by atoms with E-state index in [0.29, 0.717) is 11.7 Å². The van der Waals surface area contributed by atoms with Gasteiger partial charge in [0.1, 0.15) is 9.84 Å². The molecule has 1 N–H and O–H groups in total. The van der Waals surface area contributed by atoms with Crippen LogP contribution in [0.5, 0.6) is 0 Å². The van der Waals surface area contributed by atoms with Crippen molar-refractivity contribution in [2.45, 2.75) is 19.3 Å². The van der Waals surface area contributed by atoms with Gasteiger partial charge in [-0.3, -0.25) is 0 Å². The number of aliphatic hydroxyl groups excluding tert-OH is 1. The number of unbranched alkanes of at least 4 members (excludes halogenated alkanes) is 1. The van der Waals surface area contributed by atoms with Crippen LogP contribution >= 0.6 is 0 Å². The highest BCUT2D eigenvalue weighted by molar-refractivity contribution is 7.90. The largest absolute Gasteiger partial charge is 0.396 e. The van der Waals surface area contributed by atoms with Crippen LogP contribution in [0.15, 0.2) is 0 Å². The molecule has 1 saturated heterocycles. The third kappa shape index (κ3) is 5.49. The van der Waals surface area contributed by atoms with E-state index in [1.807, 2.05) is 0 Å². The van der Waals surface area contributed by atoms with Gasteiger partial charge in [0.2, 0.25) is 0 Å². The van der Waals surface area contributed by atoms with Crippen LogP contribution in [-0.2, 0) is 9.84 Å². The summed E-state index contributed by atoms with van der Waals surface area (Å²) >= 11 is 0. The molecule has 90 valence electrons. The van der Waals surface area contributed by atoms with Crippen LogP contribution in [0.4, 0.5) is 0 Å². The molecule has 0 radical (unpaired) electrons. The standard InChI is InChI=1S/C10H21NO3S/c1-15(13,14)7-3-2-5-11-6-4-10(8-11)9-12/h10,12H,2-9H2,1H3. The average Bonchev–Trinajstić information content (AvgIpc) is 2.59. The fourth-order valence-corrected chi connectivity index (χ4v) is 2.69. The van der Waals surface area contributed by atoms with E-state index in [0.717, 1.165) is 38.9 Å². The molecule has 0 aromatic rings. The van der Waals surface area contributed by atoms with Crippen LogP contribution in [0.1, 0.15) is 19.3 Å². The minimum absolute atomic E-state index is 0.278. The number of hydrogen-bond acceptors (Lipinski definition) is 4. The minimum Gasteiger partial charge on any atom is -0.396 e. The maximum absolute atomic E-state index is 10.9. The van der Waals surface area contributed by atoms with Gasteiger partial charge < -0.3 is 10.0 Å². The van der Waals surface area contributed by atoms with E-state index in [4.69, 9.17) is 5.11 Å². The Hall–Kier alpha value is -0.130. The molecule has 1 aliphatic heterocycles. The molecule has 0 aromatic heterocycles. The molecule has 0 amide bonds. The third-order valence-electron chi connectivity index (χ3n) is 2.87. The van der Waals surface area contributed by atoms with Crippen molar-refractivity contribution < 1.29 is 13.5 Å². The fourth-order valence-electron chi connectivity index (χ4n) is 1.96. The van der Waals surface area contributed by atoms with Crippen LogP contribution in [0.2, 0.25) is 0 Å². The van der Waals surface area contributed by atoms with E-state index in [1.54, 1.807) is 0 Å².